The van der Waals surface area contributed by atoms with E-state index in [1.54, 1.807) is 4.90 Å². The second-order valence-corrected chi connectivity index (χ2v) is 4.80. The Kier molecular flexibility index (Phi) is 5.55. The molecule has 0 aliphatic rings. The summed E-state index contributed by atoms with van der Waals surface area (Å²) < 4.78 is 43.2. The normalized spacial score (nSPS) is 11.9. The maximum atomic E-state index is 12.7. The van der Waals surface area contributed by atoms with Gasteiger partial charge in [0.25, 0.3) is 0 Å². The first-order valence-corrected chi connectivity index (χ1v) is 6.19. The first kappa shape index (κ1) is 16.5. The van der Waals surface area contributed by atoms with Crippen LogP contribution in [0.4, 0.5) is 24.9 Å². The van der Waals surface area contributed by atoms with Gasteiger partial charge in [-0.3, -0.25) is 0 Å². The molecule has 114 valence electrons. The molecule has 2 N–H and O–H groups in total. The van der Waals surface area contributed by atoms with E-state index in [0.717, 1.165) is 6.07 Å². The van der Waals surface area contributed by atoms with Crippen LogP contribution in [-0.4, -0.2) is 36.8 Å². The Morgan fingerprint density at radius 3 is 2.50 bits per heavy atom. The van der Waals surface area contributed by atoms with Crippen LogP contribution in [0.2, 0.25) is 0 Å². The summed E-state index contributed by atoms with van der Waals surface area (Å²) >= 11 is 0. The molecule has 0 radical (unpaired) electrons. The molecule has 0 atom stereocenters. The van der Waals surface area contributed by atoms with Crippen molar-refractivity contribution in [2.45, 2.75) is 20.0 Å². The monoisotopic (exact) mass is 292 g/mol. The number of methoxy groups -OCH3 is 1. The van der Waals surface area contributed by atoms with Crippen LogP contribution in [0.15, 0.2) is 6.07 Å². The van der Waals surface area contributed by atoms with Crippen LogP contribution in [-0.2, 0) is 10.9 Å². The second kappa shape index (κ2) is 6.74. The lowest BCUT2D eigenvalue weighted by Crippen LogP contribution is -2.32. The minimum atomic E-state index is -4.55. The van der Waals surface area contributed by atoms with Crippen molar-refractivity contribution in [2.24, 2.45) is 5.92 Å². The molecule has 0 aromatic carbocycles. The summed E-state index contributed by atoms with van der Waals surface area (Å²) in [5, 5.41) is 0. The molecule has 0 bridgehead atoms. The van der Waals surface area contributed by atoms with E-state index in [1.165, 1.54) is 7.11 Å². The van der Waals surface area contributed by atoms with Crippen molar-refractivity contribution >= 4 is 11.8 Å². The number of halogens is 3. The summed E-state index contributed by atoms with van der Waals surface area (Å²) in [5.41, 5.74) is 4.34. The number of rotatable bonds is 6. The van der Waals surface area contributed by atoms with Crippen molar-refractivity contribution in [1.82, 2.24) is 9.97 Å². The Morgan fingerprint density at radius 1 is 1.35 bits per heavy atom. The molecule has 1 aromatic heterocycles. The van der Waals surface area contributed by atoms with E-state index < -0.39 is 11.9 Å². The minimum Gasteiger partial charge on any atom is -0.383 e. The van der Waals surface area contributed by atoms with E-state index >= 15 is 0 Å². The van der Waals surface area contributed by atoms with E-state index in [4.69, 9.17) is 10.5 Å². The summed E-state index contributed by atoms with van der Waals surface area (Å²) in [5.74, 6) is 0.0361. The molecule has 1 heterocycles. The van der Waals surface area contributed by atoms with Gasteiger partial charge in [0.2, 0.25) is 5.95 Å². The molecular weight excluding hydrogens is 273 g/mol. The Labute approximate surface area is 116 Å². The van der Waals surface area contributed by atoms with Crippen LogP contribution in [0.25, 0.3) is 0 Å². The lowest BCUT2D eigenvalue weighted by Gasteiger charge is -2.26. The molecule has 20 heavy (non-hydrogen) atoms. The number of ether oxygens (including phenoxy) is 1. The Hall–Kier alpha value is -1.57. The number of anilines is 2. The maximum absolute atomic E-state index is 12.7. The van der Waals surface area contributed by atoms with Crippen molar-refractivity contribution in [3.8, 4) is 0 Å². The van der Waals surface area contributed by atoms with Gasteiger partial charge < -0.3 is 15.4 Å². The number of alkyl halides is 3. The molecule has 0 aliphatic heterocycles. The van der Waals surface area contributed by atoms with E-state index in [-0.39, 0.29) is 17.7 Å². The van der Waals surface area contributed by atoms with Crippen molar-refractivity contribution in [2.75, 3.05) is 37.4 Å². The average Bonchev–Trinajstić information content (AvgIpc) is 2.32. The third kappa shape index (κ3) is 4.84. The molecule has 0 unspecified atom stereocenters. The maximum Gasteiger partial charge on any atom is 0.433 e. The van der Waals surface area contributed by atoms with Gasteiger partial charge in [0.1, 0.15) is 5.82 Å². The predicted octanol–water partition coefficient (Wildman–Crippen LogP) is 2.19. The zero-order valence-corrected chi connectivity index (χ0v) is 11.7. The number of hydrogen-bond donors (Lipinski definition) is 1. The molecule has 0 saturated heterocycles. The molecule has 0 spiro atoms. The fraction of sp³-hybridized carbons (Fsp3) is 0.667. The van der Waals surface area contributed by atoms with E-state index in [9.17, 15) is 13.2 Å². The van der Waals surface area contributed by atoms with Gasteiger partial charge in [-0.1, -0.05) is 13.8 Å². The molecule has 0 amide bonds. The van der Waals surface area contributed by atoms with Gasteiger partial charge in [0.05, 0.1) is 6.61 Å². The summed E-state index contributed by atoms with van der Waals surface area (Å²) in [6, 6.07) is 0.911. The molecule has 0 saturated carbocycles. The lowest BCUT2D eigenvalue weighted by atomic mass is 10.2. The zero-order valence-electron chi connectivity index (χ0n) is 11.7. The van der Waals surface area contributed by atoms with Gasteiger partial charge in [-0.2, -0.15) is 18.2 Å². The van der Waals surface area contributed by atoms with Crippen LogP contribution < -0.4 is 10.6 Å². The highest BCUT2D eigenvalue weighted by Crippen LogP contribution is 2.30. The summed E-state index contributed by atoms with van der Waals surface area (Å²) in [6.45, 7) is 5.31. The highest BCUT2D eigenvalue weighted by molar-refractivity contribution is 5.44. The van der Waals surface area contributed by atoms with Crippen LogP contribution in [0.5, 0.6) is 0 Å². The van der Waals surface area contributed by atoms with Crippen LogP contribution >= 0.6 is 0 Å². The predicted molar refractivity (Wildman–Crippen MR) is 70.4 cm³/mol. The summed E-state index contributed by atoms with van der Waals surface area (Å²) in [6.07, 6.45) is -4.55. The fourth-order valence-corrected chi connectivity index (χ4v) is 1.70. The van der Waals surface area contributed by atoms with Gasteiger partial charge in [0, 0.05) is 26.3 Å². The average molecular weight is 292 g/mol. The zero-order chi connectivity index (χ0) is 15.3. The van der Waals surface area contributed by atoms with Crippen molar-refractivity contribution in [3.63, 3.8) is 0 Å². The molecular formula is C12H19F3N4O. The number of nitrogen functional groups attached to an aromatic ring is 1. The van der Waals surface area contributed by atoms with Gasteiger partial charge in [-0.15, -0.1) is 0 Å². The minimum absolute atomic E-state index is 0.163. The van der Waals surface area contributed by atoms with Gasteiger partial charge in [-0.25, -0.2) is 4.98 Å². The van der Waals surface area contributed by atoms with E-state index in [2.05, 4.69) is 9.97 Å². The van der Waals surface area contributed by atoms with Crippen molar-refractivity contribution in [3.05, 3.63) is 11.8 Å². The number of aromatic nitrogens is 2. The lowest BCUT2D eigenvalue weighted by molar-refractivity contribution is -0.141. The molecule has 0 aliphatic carbocycles. The number of nitrogens with zero attached hydrogens (tertiary/aromatic N) is 3. The largest absolute Gasteiger partial charge is 0.433 e. The topological polar surface area (TPSA) is 64.3 Å². The molecule has 1 rings (SSSR count). The highest BCUT2D eigenvalue weighted by atomic mass is 19.4. The number of nitrogens with two attached hydrogens (primary N) is 1. The molecule has 1 aromatic rings. The van der Waals surface area contributed by atoms with Crippen LogP contribution in [0.3, 0.4) is 0 Å². The van der Waals surface area contributed by atoms with E-state index in [0.29, 0.717) is 19.7 Å². The SMILES string of the molecule is COCCN(CC(C)C)c1cc(C(F)(F)F)nc(N)n1. The molecule has 5 nitrogen and oxygen atoms in total. The summed E-state index contributed by atoms with van der Waals surface area (Å²) in [4.78, 5) is 8.83. The van der Waals surface area contributed by atoms with Gasteiger partial charge in [-0.05, 0) is 5.92 Å². The first-order valence-electron chi connectivity index (χ1n) is 6.19. The molecule has 0 fully saturated rings. The van der Waals surface area contributed by atoms with Gasteiger partial charge >= 0.3 is 6.18 Å². The Morgan fingerprint density at radius 2 is 2.00 bits per heavy atom. The fourth-order valence-electron chi connectivity index (χ4n) is 1.70. The highest BCUT2D eigenvalue weighted by Gasteiger charge is 2.34. The third-order valence-electron chi connectivity index (χ3n) is 2.50. The van der Waals surface area contributed by atoms with Crippen molar-refractivity contribution in [1.29, 1.82) is 0 Å². The Balaban J connectivity index is 3.08. The number of hydrogen-bond acceptors (Lipinski definition) is 5. The van der Waals surface area contributed by atoms with Crippen molar-refractivity contribution < 1.29 is 17.9 Å². The second-order valence-electron chi connectivity index (χ2n) is 4.80. The van der Waals surface area contributed by atoms with Gasteiger partial charge in [0.15, 0.2) is 5.69 Å². The Bertz CT molecular complexity index is 437. The standard InChI is InChI=1S/C12H19F3N4O/c1-8(2)7-19(4-5-20-3)10-6-9(12(13,14)15)17-11(16)18-10/h6,8H,4-5,7H2,1-3H3,(H2,16,17,18). The first-order chi connectivity index (χ1) is 9.24. The van der Waals surface area contributed by atoms with E-state index in [1.807, 2.05) is 13.8 Å². The van der Waals surface area contributed by atoms with Crippen LogP contribution in [0, 0.1) is 5.92 Å². The smallest absolute Gasteiger partial charge is 0.383 e. The third-order valence-corrected chi connectivity index (χ3v) is 2.50. The molecule has 8 heteroatoms. The quantitative estimate of drug-likeness (QED) is 0.870. The van der Waals surface area contributed by atoms with Crippen LogP contribution in [0.1, 0.15) is 19.5 Å². The summed E-state index contributed by atoms with van der Waals surface area (Å²) in [7, 11) is 1.53.